The minimum atomic E-state index is -3.55. The largest absolute Gasteiger partial charge is 0.398 e. The van der Waals surface area contributed by atoms with E-state index in [2.05, 4.69) is 18.6 Å². The Morgan fingerprint density at radius 1 is 1.21 bits per heavy atom. The summed E-state index contributed by atoms with van der Waals surface area (Å²) in [5, 5.41) is 0. The van der Waals surface area contributed by atoms with Gasteiger partial charge in [-0.15, -0.1) is 0 Å². The number of anilines is 1. The van der Waals surface area contributed by atoms with E-state index in [1.807, 2.05) is 19.9 Å². The molecule has 0 aromatic heterocycles. The number of nitrogens with one attached hydrogen (secondary N) is 1. The monoisotopic (exact) mass is 284 g/mol. The topological polar surface area (TPSA) is 72.2 Å². The van der Waals surface area contributed by atoms with Crippen molar-refractivity contribution in [2.75, 3.05) is 12.3 Å². The van der Waals surface area contributed by atoms with Crippen LogP contribution >= 0.6 is 0 Å². The van der Waals surface area contributed by atoms with Gasteiger partial charge >= 0.3 is 0 Å². The molecule has 0 bridgehead atoms. The first-order chi connectivity index (χ1) is 8.66. The molecule has 1 atom stereocenters. The summed E-state index contributed by atoms with van der Waals surface area (Å²) >= 11 is 0. The Hall–Kier alpha value is -1.07. The van der Waals surface area contributed by atoms with Crippen molar-refractivity contribution in [3.63, 3.8) is 0 Å². The number of sulfonamides is 1. The van der Waals surface area contributed by atoms with Gasteiger partial charge in [0.25, 0.3) is 0 Å². The van der Waals surface area contributed by atoms with Gasteiger partial charge in [-0.05, 0) is 42.9 Å². The minimum Gasteiger partial charge on any atom is -0.398 e. The average molecular weight is 284 g/mol. The summed E-state index contributed by atoms with van der Waals surface area (Å²) in [6.45, 7) is 10.3. The number of rotatable bonds is 5. The molecule has 0 fully saturated rings. The van der Waals surface area contributed by atoms with Crippen LogP contribution in [0.1, 0.15) is 31.9 Å². The molecule has 0 saturated carbocycles. The third kappa shape index (κ3) is 3.70. The van der Waals surface area contributed by atoms with Gasteiger partial charge in [-0.1, -0.05) is 26.8 Å². The lowest BCUT2D eigenvalue weighted by Crippen LogP contribution is -2.31. The first-order valence-corrected chi connectivity index (χ1v) is 8.00. The number of hydrogen-bond donors (Lipinski definition) is 2. The minimum absolute atomic E-state index is 0.212. The van der Waals surface area contributed by atoms with Crippen molar-refractivity contribution >= 4 is 15.7 Å². The zero-order chi connectivity index (χ0) is 14.8. The van der Waals surface area contributed by atoms with Crippen LogP contribution in [0.5, 0.6) is 0 Å². The Kier molecular flexibility index (Phi) is 4.98. The first-order valence-electron chi connectivity index (χ1n) is 6.52. The molecule has 108 valence electrons. The van der Waals surface area contributed by atoms with Crippen molar-refractivity contribution in [1.29, 1.82) is 0 Å². The number of nitrogen functional groups attached to an aromatic ring is 1. The maximum atomic E-state index is 12.4. The van der Waals surface area contributed by atoms with Crippen LogP contribution in [0, 0.1) is 25.7 Å². The highest BCUT2D eigenvalue weighted by molar-refractivity contribution is 7.89. The summed E-state index contributed by atoms with van der Waals surface area (Å²) in [6, 6.07) is 3.48. The quantitative estimate of drug-likeness (QED) is 0.816. The molecule has 0 amide bonds. The van der Waals surface area contributed by atoms with Gasteiger partial charge in [0.1, 0.15) is 4.90 Å². The van der Waals surface area contributed by atoms with Crippen LogP contribution in [0.4, 0.5) is 5.69 Å². The van der Waals surface area contributed by atoms with E-state index < -0.39 is 10.0 Å². The van der Waals surface area contributed by atoms with Crippen molar-refractivity contribution in [1.82, 2.24) is 4.72 Å². The molecule has 1 unspecified atom stereocenters. The highest BCUT2D eigenvalue weighted by Gasteiger charge is 2.22. The van der Waals surface area contributed by atoms with Crippen molar-refractivity contribution in [2.45, 2.75) is 39.5 Å². The van der Waals surface area contributed by atoms with E-state index in [1.165, 1.54) is 0 Å². The number of nitrogens with two attached hydrogens (primary N) is 1. The first kappa shape index (κ1) is 16.0. The lowest BCUT2D eigenvalue weighted by atomic mass is 9.99. The fourth-order valence-corrected chi connectivity index (χ4v) is 3.29. The van der Waals surface area contributed by atoms with Crippen LogP contribution in [0.15, 0.2) is 17.0 Å². The molecule has 1 aromatic carbocycles. The molecule has 0 aliphatic rings. The van der Waals surface area contributed by atoms with Crippen molar-refractivity contribution in [3.05, 3.63) is 23.3 Å². The Morgan fingerprint density at radius 3 is 2.32 bits per heavy atom. The normalized spacial score (nSPS) is 13.8. The van der Waals surface area contributed by atoms with E-state index in [-0.39, 0.29) is 10.8 Å². The van der Waals surface area contributed by atoms with Gasteiger partial charge in [0.15, 0.2) is 0 Å². The fraction of sp³-hybridized carbons (Fsp3) is 0.571. The maximum absolute atomic E-state index is 12.4. The Balaban J connectivity index is 3.05. The number of hydrogen-bond acceptors (Lipinski definition) is 3. The molecular formula is C14H24N2O2S. The van der Waals surface area contributed by atoms with Gasteiger partial charge in [0.05, 0.1) is 5.69 Å². The summed E-state index contributed by atoms with van der Waals surface area (Å²) in [7, 11) is -3.55. The molecule has 0 radical (unpaired) electrons. The van der Waals surface area contributed by atoms with Crippen LogP contribution < -0.4 is 10.5 Å². The van der Waals surface area contributed by atoms with Crippen LogP contribution in [0.2, 0.25) is 0 Å². The molecule has 4 nitrogen and oxygen atoms in total. The van der Waals surface area contributed by atoms with Gasteiger partial charge in [-0.3, -0.25) is 0 Å². The molecule has 0 aliphatic carbocycles. The molecule has 3 N–H and O–H groups in total. The fourth-order valence-electron chi connectivity index (χ4n) is 1.72. The van der Waals surface area contributed by atoms with Gasteiger partial charge in [-0.25, -0.2) is 13.1 Å². The van der Waals surface area contributed by atoms with E-state index in [9.17, 15) is 8.42 Å². The van der Waals surface area contributed by atoms with Crippen LogP contribution in [-0.2, 0) is 10.0 Å². The second kappa shape index (κ2) is 5.92. The van der Waals surface area contributed by atoms with Gasteiger partial charge < -0.3 is 5.73 Å². The summed E-state index contributed by atoms with van der Waals surface area (Å²) in [5.41, 5.74) is 7.76. The van der Waals surface area contributed by atoms with Crippen LogP contribution in [0.25, 0.3) is 0 Å². The zero-order valence-electron chi connectivity index (χ0n) is 12.3. The van der Waals surface area contributed by atoms with Crippen molar-refractivity contribution in [2.24, 2.45) is 11.8 Å². The van der Waals surface area contributed by atoms with E-state index >= 15 is 0 Å². The predicted molar refractivity (Wildman–Crippen MR) is 79.5 cm³/mol. The highest BCUT2D eigenvalue weighted by Crippen LogP contribution is 2.25. The SMILES string of the molecule is Cc1ccc(N)c(S(=O)(=O)NCC(C)C(C)C)c1C. The molecule has 5 heteroatoms. The molecule has 1 rings (SSSR count). The van der Waals surface area contributed by atoms with Crippen LogP contribution in [-0.4, -0.2) is 15.0 Å². The third-order valence-corrected chi connectivity index (χ3v) is 5.34. The lowest BCUT2D eigenvalue weighted by molar-refractivity contribution is 0.414. The zero-order valence-corrected chi connectivity index (χ0v) is 13.1. The maximum Gasteiger partial charge on any atom is 0.242 e. The van der Waals surface area contributed by atoms with Gasteiger partial charge in [0, 0.05) is 6.54 Å². The Morgan fingerprint density at radius 2 is 1.79 bits per heavy atom. The summed E-state index contributed by atoms with van der Waals surface area (Å²) < 4.78 is 27.4. The van der Waals surface area contributed by atoms with E-state index in [1.54, 1.807) is 13.0 Å². The molecule has 19 heavy (non-hydrogen) atoms. The van der Waals surface area contributed by atoms with Crippen LogP contribution in [0.3, 0.4) is 0 Å². The summed E-state index contributed by atoms with van der Waals surface area (Å²) in [6.07, 6.45) is 0. The Bertz CT molecular complexity index is 551. The molecule has 0 spiro atoms. The van der Waals surface area contributed by atoms with E-state index in [0.29, 0.717) is 23.7 Å². The van der Waals surface area contributed by atoms with Crippen molar-refractivity contribution in [3.8, 4) is 0 Å². The molecular weight excluding hydrogens is 260 g/mol. The summed E-state index contributed by atoms with van der Waals surface area (Å²) in [4.78, 5) is 0.212. The standard InChI is InChI=1S/C14H24N2O2S/c1-9(2)11(4)8-16-19(17,18)14-12(5)10(3)6-7-13(14)15/h6-7,9,11,16H,8,15H2,1-5H3. The second-order valence-electron chi connectivity index (χ2n) is 5.50. The third-order valence-electron chi connectivity index (χ3n) is 3.71. The average Bonchev–Trinajstić information content (AvgIpc) is 2.31. The summed E-state index contributed by atoms with van der Waals surface area (Å²) in [5.74, 6) is 0.708. The molecule has 0 aliphatic heterocycles. The lowest BCUT2D eigenvalue weighted by Gasteiger charge is -2.18. The number of aryl methyl sites for hydroxylation is 1. The van der Waals surface area contributed by atoms with Gasteiger partial charge in [0.2, 0.25) is 10.0 Å². The van der Waals surface area contributed by atoms with E-state index in [4.69, 9.17) is 5.73 Å². The molecule has 0 saturated heterocycles. The molecule has 1 aromatic rings. The second-order valence-corrected chi connectivity index (χ2v) is 7.20. The highest BCUT2D eigenvalue weighted by atomic mass is 32.2. The smallest absolute Gasteiger partial charge is 0.242 e. The predicted octanol–water partition coefficient (Wildman–Crippen LogP) is 2.46. The number of benzene rings is 1. The Labute approximate surface area is 116 Å². The van der Waals surface area contributed by atoms with E-state index in [0.717, 1.165) is 5.56 Å². The van der Waals surface area contributed by atoms with Crippen molar-refractivity contribution < 1.29 is 8.42 Å². The van der Waals surface area contributed by atoms with Gasteiger partial charge in [-0.2, -0.15) is 0 Å². The molecule has 0 heterocycles.